The smallest absolute Gasteiger partial charge is 0.416 e. The molecule has 1 atom stereocenters. The van der Waals surface area contributed by atoms with Gasteiger partial charge in [0.2, 0.25) is 0 Å². The van der Waals surface area contributed by atoms with Gasteiger partial charge in [0.15, 0.2) is 0 Å². The Bertz CT molecular complexity index is 1220. The van der Waals surface area contributed by atoms with Crippen molar-refractivity contribution in [3.63, 3.8) is 0 Å². The van der Waals surface area contributed by atoms with Gasteiger partial charge in [-0.05, 0) is 59.5 Å². The molecule has 0 saturated heterocycles. The molecule has 192 valence electrons. The number of carbonyl (C=O) groups is 1. The minimum absolute atomic E-state index is 0.0358. The van der Waals surface area contributed by atoms with E-state index >= 15 is 0 Å². The predicted octanol–water partition coefficient (Wildman–Crippen LogP) is 4.58. The number of rotatable bonds is 4. The topological polar surface area (TPSA) is 101 Å². The third-order valence-electron chi connectivity index (χ3n) is 5.69. The molecule has 0 aliphatic carbocycles. The van der Waals surface area contributed by atoms with Gasteiger partial charge in [0.25, 0.3) is 5.95 Å². The van der Waals surface area contributed by atoms with Gasteiger partial charge in [0, 0.05) is 23.8 Å². The van der Waals surface area contributed by atoms with Crippen LogP contribution in [0.2, 0.25) is 5.02 Å². The molecule has 3 aromatic rings. The molecule has 1 amide bonds. The summed E-state index contributed by atoms with van der Waals surface area (Å²) in [4.78, 5) is 14.1. The Morgan fingerprint density at radius 1 is 1.11 bits per heavy atom. The minimum Gasteiger partial charge on any atom is -0.530 e. The lowest BCUT2D eigenvalue weighted by Crippen LogP contribution is -2.42. The van der Waals surface area contributed by atoms with Crippen molar-refractivity contribution < 1.29 is 36.2 Å². The molecule has 2 heterocycles. The van der Waals surface area contributed by atoms with Crippen LogP contribution in [0.25, 0.3) is 0 Å². The highest BCUT2D eigenvalue weighted by Crippen LogP contribution is 2.41. The zero-order valence-corrected chi connectivity index (χ0v) is 18.8. The number of benzene rings is 2. The fourth-order valence-corrected chi connectivity index (χ4v) is 4.34. The predicted molar refractivity (Wildman–Crippen MR) is 113 cm³/mol. The van der Waals surface area contributed by atoms with E-state index in [4.69, 9.17) is 11.6 Å². The lowest BCUT2D eigenvalue weighted by Gasteiger charge is -2.32. The Balaban J connectivity index is 1.83. The monoisotopic (exact) mass is 533 g/mol. The molecule has 0 fully saturated rings. The molecule has 0 radical (unpaired) electrons. The highest BCUT2D eigenvalue weighted by Gasteiger charge is 2.38. The lowest BCUT2D eigenvalue weighted by molar-refractivity contribution is -0.246. The van der Waals surface area contributed by atoms with Crippen LogP contribution in [0.1, 0.15) is 41.1 Å². The zero-order valence-electron chi connectivity index (χ0n) is 18.1. The van der Waals surface area contributed by atoms with Gasteiger partial charge in [0.1, 0.15) is 6.09 Å². The van der Waals surface area contributed by atoms with E-state index < -0.39 is 42.2 Å². The second-order valence-electron chi connectivity index (χ2n) is 8.03. The van der Waals surface area contributed by atoms with Crippen LogP contribution in [0.15, 0.2) is 36.4 Å². The third-order valence-corrected chi connectivity index (χ3v) is 5.92. The van der Waals surface area contributed by atoms with Crippen LogP contribution in [-0.2, 0) is 18.9 Å². The highest BCUT2D eigenvalue weighted by atomic mass is 35.5. The number of nitrogens with zero attached hydrogens (tertiary/aromatic N) is 5. The summed E-state index contributed by atoms with van der Waals surface area (Å²) in [6.07, 6.45) is -11.0. The molecule has 1 aliphatic heterocycles. The van der Waals surface area contributed by atoms with E-state index in [9.17, 15) is 36.2 Å². The number of amides is 1. The average Bonchev–Trinajstić information content (AvgIpc) is 3.25. The van der Waals surface area contributed by atoms with E-state index in [0.29, 0.717) is 17.7 Å². The number of anilines is 2. The summed E-state index contributed by atoms with van der Waals surface area (Å²) in [7, 11) is 0. The highest BCUT2D eigenvalue weighted by molar-refractivity contribution is 6.31. The largest absolute Gasteiger partial charge is 0.530 e. The van der Waals surface area contributed by atoms with Crippen molar-refractivity contribution in [1.29, 1.82) is 0 Å². The van der Waals surface area contributed by atoms with Crippen molar-refractivity contribution >= 4 is 29.3 Å². The number of halogens is 7. The number of aromatic amines is 1. The second kappa shape index (κ2) is 9.48. The maximum atomic E-state index is 13.4. The number of H-pyrrole nitrogens is 1. The zero-order chi connectivity index (χ0) is 26.3. The summed E-state index contributed by atoms with van der Waals surface area (Å²) in [5.41, 5.74) is -2.65. The van der Waals surface area contributed by atoms with E-state index in [1.165, 1.54) is 23.1 Å². The van der Waals surface area contributed by atoms with Crippen LogP contribution in [0.5, 0.6) is 0 Å². The molecule has 1 aromatic heterocycles. The van der Waals surface area contributed by atoms with Crippen LogP contribution in [0.3, 0.4) is 0 Å². The van der Waals surface area contributed by atoms with Gasteiger partial charge in [-0.3, -0.25) is 0 Å². The van der Waals surface area contributed by atoms with Crippen molar-refractivity contribution in [2.24, 2.45) is 0 Å². The first kappa shape index (κ1) is 25.5. The summed E-state index contributed by atoms with van der Waals surface area (Å²) in [5.74, 6) is -0.103. The van der Waals surface area contributed by atoms with Crippen molar-refractivity contribution in [3.8, 4) is 0 Å². The first-order valence-electron chi connectivity index (χ1n) is 10.4. The van der Waals surface area contributed by atoms with Crippen LogP contribution in [0, 0.1) is 0 Å². The Labute approximate surface area is 204 Å². The molecule has 4 rings (SSSR count). The van der Waals surface area contributed by atoms with E-state index in [2.05, 4.69) is 20.6 Å². The standard InChI is InChI=1S/C21H17ClF6N6O2/c22-14-3-4-15-16(2-1-5-33(19(35)36)17(15)9-14)34(18-29-31-32-30-18)10-11-6-12(20(23,24)25)8-13(7-11)21(26,27)28/h3-4,6-9,16H,1-2,5,10H2,(H,35,36)(H,29,30,31,32)/p-1. The van der Waals surface area contributed by atoms with Crippen LogP contribution in [-0.4, -0.2) is 33.3 Å². The van der Waals surface area contributed by atoms with Gasteiger partial charge in [-0.2, -0.15) is 31.6 Å². The fourth-order valence-electron chi connectivity index (χ4n) is 4.17. The summed E-state index contributed by atoms with van der Waals surface area (Å²) >= 11 is 6.07. The number of nitrogens with one attached hydrogen (secondary N) is 1. The van der Waals surface area contributed by atoms with E-state index in [0.717, 1.165) is 4.90 Å². The Morgan fingerprint density at radius 3 is 2.33 bits per heavy atom. The second-order valence-corrected chi connectivity index (χ2v) is 8.47. The number of hydrogen-bond donors (Lipinski definition) is 1. The molecule has 1 unspecified atom stereocenters. The molecule has 2 aromatic carbocycles. The molecule has 0 saturated carbocycles. The summed E-state index contributed by atoms with van der Waals surface area (Å²) in [5, 5.41) is 25.4. The third kappa shape index (κ3) is 5.32. The maximum Gasteiger partial charge on any atom is 0.416 e. The molecule has 15 heteroatoms. The van der Waals surface area contributed by atoms with Crippen LogP contribution < -0.4 is 14.9 Å². The number of hydrogen-bond acceptors (Lipinski definition) is 6. The molecular weight excluding hydrogens is 518 g/mol. The lowest BCUT2D eigenvalue weighted by atomic mass is 9.98. The SMILES string of the molecule is O=C([O-])N1CCCC(N(Cc2cc(C(F)(F)F)cc(C(F)(F)F)c2)c2nn[nH]n2)c2ccc(Cl)cc21. The summed E-state index contributed by atoms with van der Waals surface area (Å²) < 4.78 is 80.5. The van der Waals surface area contributed by atoms with E-state index in [1.54, 1.807) is 0 Å². The number of alkyl halides is 6. The molecule has 0 spiro atoms. The van der Waals surface area contributed by atoms with Gasteiger partial charge in [-0.25, -0.2) is 0 Å². The van der Waals surface area contributed by atoms with E-state index in [1.807, 2.05) is 0 Å². The first-order chi connectivity index (χ1) is 16.8. The number of carbonyl (C=O) groups excluding carboxylic acids is 1. The van der Waals surface area contributed by atoms with Crippen LogP contribution in [0.4, 0.5) is 42.8 Å². The maximum absolute atomic E-state index is 13.4. The first-order valence-corrected chi connectivity index (χ1v) is 10.8. The Morgan fingerprint density at radius 2 is 1.78 bits per heavy atom. The van der Waals surface area contributed by atoms with Crippen molar-refractivity contribution in [2.75, 3.05) is 16.3 Å². The number of aromatic nitrogens is 4. The van der Waals surface area contributed by atoms with E-state index in [-0.39, 0.29) is 47.7 Å². The number of tetrazole rings is 1. The number of carboxylic acid groups (broad SMARTS) is 1. The molecular formula is C21H16ClF6N6O2-. The molecule has 1 aliphatic rings. The van der Waals surface area contributed by atoms with Crippen LogP contribution >= 0.6 is 11.6 Å². The molecule has 0 bridgehead atoms. The van der Waals surface area contributed by atoms with Gasteiger partial charge in [0.05, 0.1) is 17.2 Å². The fraction of sp³-hybridized carbons (Fsp3) is 0.333. The van der Waals surface area contributed by atoms with Crippen molar-refractivity contribution in [1.82, 2.24) is 20.6 Å². The normalized spacial score (nSPS) is 16.4. The van der Waals surface area contributed by atoms with Gasteiger partial charge < -0.3 is 19.7 Å². The average molecular weight is 534 g/mol. The van der Waals surface area contributed by atoms with Crippen molar-refractivity contribution in [2.45, 2.75) is 37.8 Å². The molecule has 36 heavy (non-hydrogen) atoms. The molecule has 8 nitrogen and oxygen atoms in total. The Kier molecular flexibility index (Phi) is 6.73. The number of fused-ring (bicyclic) bond motifs is 1. The molecule has 1 N–H and O–H groups in total. The van der Waals surface area contributed by atoms with Gasteiger partial charge >= 0.3 is 12.4 Å². The van der Waals surface area contributed by atoms with Crippen molar-refractivity contribution in [3.05, 3.63) is 63.7 Å². The summed E-state index contributed by atoms with van der Waals surface area (Å²) in [6, 6.07) is 4.96. The minimum atomic E-state index is -5.02. The van der Waals surface area contributed by atoms with Gasteiger partial charge in [-0.15, -0.1) is 5.10 Å². The Hall–Kier alpha value is -3.55. The quantitative estimate of drug-likeness (QED) is 0.493. The van der Waals surface area contributed by atoms with Gasteiger partial charge in [-0.1, -0.05) is 22.8 Å². The summed E-state index contributed by atoms with van der Waals surface area (Å²) in [6.45, 7) is -0.432.